The number of benzene rings is 1. The number of anilines is 1. The Morgan fingerprint density at radius 3 is 2.05 bits per heavy atom. The molecule has 0 saturated heterocycles. The first kappa shape index (κ1) is 18.5. The van der Waals surface area contributed by atoms with Gasteiger partial charge in [-0.15, -0.1) is 0 Å². The van der Waals surface area contributed by atoms with Gasteiger partial charge >= 0.3 is 0 Å². The van der Waals surface area contributed by atoms with Gasteiger partial charge in [0.25, 0.3) is 0 Å². The smallest absolute Gasteiger partial charge is 0.220 e. The van der Waals surface area contributed by atoms with Crippen molar-refractivity contribution in [2.75, 3.05) is 39.6 Å². The second-order valence-electron chi connectivity index (χ2n) is 7.51. The predicted octanol–water partition coefficient (Wildman–Crippen LogP) is 2.91. The molecule has 0 radical (unpaired) electrons. The van der Waals surface area contributed by atoms with Gasteiger partial charge in [0.05, 0.1) is 6.04 Å². The van der Waals surface area contributed by atoms with Gasteiger partial charge in [-0.1, -0.05) is 32.9 Å². The van der Waals surface area contributed by atoms with Crippen molar-refractivity contribution >= 4 is 11.6 Å². The summed E-state index contributed by atoms with van der Waals surface area (Å²) < 4.78 is 0. The summed E-state index contributed by atoms with van der Waals surface area (Å²) in [6.07, 6.45) is 0.548. The number of likely N-dealkylation sites (N-methyl/N-ethyl adjacent to an activating group) is 1. The van der Waals surface area contributed by atoms with E-state index in [1.165, 1.54) is 11.3 Å². The van der Waals surface area contributed by atoms with E-state index in [-0.39, 0.29) is 17.4 Å². The van der Waals surface area contributed by atoms with Crippen LogP contribution in [0.2, 0.25) is 0 Å². The maximum atomic E-state index is 12.0. The van der Waals surface area contributed by atoms with Gasteiger partial charge in [-0.2, -0.15) is 0 Å². The lowest BCUT2D eigenvalue weighted by atomic mass is 9.92. The Morgan fingerprint density at radius 1 is 1.09 bits per heavy atom. The summed E-state index contributed by atoms with van der Waals surface area (Å²) in [4.78, 5) is 16.2. The second kappa shape index (κ2) is 7.63. The topological polar surface area (TPSA) is 35.6 Å². The van der Waals surface area contributed by atoms with Crippen LogP contribution >= 0.6 is 0 Å². The number of hydrogen-bond donors (Lipinski definition) is 1. The van der Waals surface area contributed by atoms with Crippen molar-refractivity contribution in [1.29, 1.82) is 0 Å². The van der Waals surface area contributed by atoms with Crippen LogP contribution in [0.1, 0.15) is 38.8 Å². The third-order valence-corrected chi connectivity index (χ3v) is 3.60. The Morgan fingerprint density at radius 2 is 1.64 bits per heavy atom. The van der Waals surface area contributed by atoms with E-state index in [1.54, 1.807) is 0 Å². The minimum absolute atomic E-state index is 0.0189. The van der Waals surface area contributed by atoms with E-state index >= 15 is 0 Å². The summed E-state index contributed by atoms with van der Waals surface area (Å²) in [6, 6.07) is 8.68. The van der Waals surface area contributed by atoms with E-state index in [4.69, 9.17) is 0 Å². The van der Waals surface area contributed by atoms with Gasteiger partial charge in [-0.25, -0.2) is 0 Å². The maximum absolute atomic E-state index is 12.0. The predicted molar refractivity (Wildman–Crippen MR) is 94.3 cm³/mol. The first-order valence-corrected chi connectivity index (χ1v) is 7.80. The van der Waals surface area contributed by atoms with E-state index < -0.39 is 0 Å². The average molecular weight is 305 g/mol. The molecule has 4 nitrogen and oxygen atoms in total. The van der Waals surface area contributed by atoms with Crippen LogP contribution < -0.4 is 10.2 Å². The molecule has 1 amide bonds. The molecule has 0 heterocycles. The van der Waals surface area contributed by atoms with Crippen LogP contribution in [0, 0.1) is 5.41 Å². The molecule has 0 unspecified atom stereocenters. The van der Waals surface area contributed by atoms with Crippen LogP contribution in [0.5, 0.6) is 0 Å². The minimum atomic E-state index is 0.0189. The Bertz CT molecular complexity index is 472. The lowest BCUT2D eigenvalue weighted by Gasteiger charge is -2.26. The minimum Gasteiger partial charge on any atom is -0.378 e. The molecule has 4 heteroatoms. The Labute approximate surface area is 135 Å². The van der Waals surface area contributed by atoms with Gasteiger partial charge in [-0.05, 0) is 37.2 Å². The van der Waals surface area contributed by atoms with Crippen LogP contribution in [0.3, 0.4) is 0 Å². The monoisotopic (exact) mass is 305 g/mol. The second-order valence-corrected chi connectivity index (χ2v) is 7.51. The van der Waals surface area contributed by atoms with Crippen molar-refractivity contribution in [3.05, 3.63) is 29.8 Å². The third kappa shape index (κ3) is 6.06. The lowest BCUT2D eigenvalue weighted by Crippen LogP contribution is -2.36. The highest BCUT2D eigenvalue weighted by molar-refractivity contribution is 5.76. The van der Waals surface area contributed by atoms with Gasteiger partial charge < -0.3 is 15.1 Å². The van der Waals surface area contributed by atoms with Crippen molar-refractivity contribution in [2.24, 2.45) is 5.41 Å². The molecular weight excluding hydrogens is 274 g/mol. The molecule has 0 aliphatic carbocycles. The molecule has 0 saturated carbocycles. The molecule has 0 aliphatic heterocycles. The highest BCUT2D eigenvalue weighted by Crippen LogP contribution is 2.22. The molecular formula is C18H31N3O. The number of nitrogens with one attached hydrogen (secondary N) is 1. The Hall–Kier alpha value is -1.55. The summed E-state index contributed by atoms with van der Waals surface area (Å²) in [7, 11) is 8.15. The summed E-state index contributed by atoms with van der Waals surface area (Å²) in [5, 5.41) is 3.07. The van der Waals surface area contributed by atoms with Gasteiger partial charge in [-0.3, -0.25) is 4.79 Å². The van der Waals surface area contributed by atoms with E-state index in [0.29, 0.717) is 13.0 Å². The van der Waals surface area contributed by atoms with Crippen molar-refractivity contribution in [3.63, 3.8) is 0 Å². The standard InChI is InChI=1S/C18H31N3O/c1-18(2,3)12-17(22)19-13-16(21(6)7)14-8-10-15(11-9-14)20(4)5/h8-11,16H,12-13H2,1-7H3,(H,19,22)/t16-/m1/s1. The SMILES string of the molecule is CN(C)c1ccc([C@@H](CNC(=O)CC(C)(C)C)N(C)C)cc1. The lowest BCUT2D eigenvalue weighted by molar-refractivity contribution is -0.123. The summed E-state index contributed by atoms with van der Waals surface area (Å²) >= 11 is 0. The van der Waals surface area contributed by atoms with Crippen LogP contribution in [0.15, 0.2) is 24.3 Å². The van der Waals surface area contributed by atoms with Crippen LogP contribution in [-0.2, 0) is 4.79 Å². The number of carbonyl (C=O) groups is 1. The zero-order chi connectivity index (χ0) is 16.9. The number of hydrogen-bond acceptors (Lipinski definition) is 3. The molecule has 1 aromatic carbocycles. The van der Waals surface area contributed by atoms with Crippen LogP contribution in [0.25, 0.3) is 0 Å². The van der Waals surface area contributed by atoms with Crippen LogP contribution in [-0.4, -0.2) is 45.5 Å². The summed E-state index contributed by atoms with van der Waals surface area (Å²) in [5.74, 6) is 0.115. The first-order chi connectivity index (χ1) is 10.1. The highest BCUT2D eigenvalue weighted by Gasteiger charge is 2.19. The normalized spacial score (nSPS) is 13.1. The fourth-order valence-corrected chi connectivity index (χ4v) is 2.35. The van der Waals surface area contributed by atoms with E-state index in [9.17, 15) is 4.79 Å². The zero-order valence-electron chi connectivity index (χ0n) is 15.1. The fourth-order valence-electron chi connectivity index (χ4n) is 2.35. The molecule has 0 aliphatic rings. The zero-order valence-corrected chi connectivity index (χ0v) is 15.1. The number of carbonyl (C=O) groups excluding carboxylic acids is 1. The fraction of sp³-hybridized carbons (Fsp3) is 0.611. The maximum Gasteiger partial charge on any atom is 0.220 e. The number of nitrogens with zero attached hydrogens (tertiary/aromatic N) is 2. The molecule has 1 atom stereocenters. The van der Waals surface area contributed by atoms with E-state index in [0.717, 1.165) is 0 Å². The molecule has 1 aromatic rings. The van der Waals surface area contributed by atoms with E-state index in [2.05, 4.69) is 60.2 Å². The summed E-state index contributed by atoms with van der Waals surface area (Å²) in [6.45, 7) is 6.87. The van der Waals surface area contributed by atoms with Gasteiger partial charge in [0.1, 0.15) is 0 Å². The van der Waals surface area contributed by atoms with E-state index in [1.807, 2.05) is 28.2 Å². The van der Waals surface area contributed by atoms with Crippen molar-refractivity contribution in [3.8, 4) is 0 Å². The van der Waals surface area contributed by atoms with Crippen molar-refractivity contribution in [1.82, 2.24) is 10.2 Å². The highest BCUT2D eigenvalue weighted by atomic mass is 16.1. The van der Waals surface area contributed by atoms with Crippen molar-refractivity contribution < 1.29 is 4.79 Å². The molecule has 0 bridgehead atoms. The molecule has 0 fully saturated rings. The molecule has 0 spiro atoms. The molecule has 1 N–H and O–H groups in total. The molecule has 22 heavy (non-hydrogen) atoms. The Kier molecular flexibility index (Phi) is 6.42. The summed E-state index contributed by atoms with van der Waals surface area (Å²) in [5.41, 5.74) is 2.41. The van der Waals surface area contributed by atoms with Gasteiger partial charge in [0, 0.05) is 32.7 Å². The molecule has 124 valence electrons. The first-order valence-electron chi connectivity index (χ1n) is 7.80. The van der Waals surface area contributed by atoms with Gasteiger partial charge in [0.15, 0.2) is 0 Å². The molecule has 0 aromatic heterocycles. The number of amides is 1. The number of rotatable bonds is 6. The Balaban J connectivity index is 2.72. The van der Waals surface area contributed by atoms with Gasteiger partial charge in [0.2, 0.25) is 5.91 Å². The third-order valence-electron chi connectivity index (χ3n) is 3.60. The quantitative estimate of drug-likeness (QED) is 0.878. The largest absolute Gasteiger partial charge is 0.378 e. The average Bonchev–Trinajstić information content (AvgIpc) is 2.37. The molecule has 1 rings (SSSR count). The van der Waals surface area contributed by atoms with Crippen molar-refractivity contribution in [2.45, 2.75) is 33.2 Å². The van der Waals surface area contributed by atoms with Crippen LogP contribution in [0.4, 0.5) is 5.69 Å².